The van der Waals surface area contributed by atoms with E-state index in [1.165, 1.54) is 31.2 Å². The molecule has 0 atom stereocenters. The monoisotopic (exact) mass is 266 g/mol. The maximum Gasteiger partial charge on any atom is 0.256 e. The number of hydrogen-bond donors (Lipinski definition) is 1. The second-order valence-electron chi connectivity index (χ2n) is 5.27. The molecule has 102 valence electrons. The highest BCUT2D eigenvalue weighted by molar-refractivity contribution is 6.03. The highest BCUT2D eigenvalue weighted by Crippen LogP contribution is 2.33. The Morgan fingerprint density at radius 2 is 1.80 bits per heavy atom. The molecule has 0 unspecified atom stereocenters. The van der Waals surface area contributed by atoms with E-state index in [1.54, 1.807) is 12.3 Å². The molecule has 3 nitrogen and oxygen atoms in total. The second-order valence-corrected chi connectivity index (χ2v) is 5.27. The van der Waals surface area contributed by atoms with Gasteiger partial charge >= 0.3 is 0 Å². The molecule has 1 fully saturated rings. The first-order chi connectivity index (χ1) is 9.83. The van der Waals surface area contributed by atoms with Crippen molar-refractivity contribution in [2.45, 2.75) is 31.6 Å². The lowest BCUT2D eigenvalue weighted by Crippen LogP contribution is -2.12. The van der Waals surface area contributed by atoms with Crippen molar-refractivity contribution in [1.82, 2.24) is 4.98 Å². The summed E-state index contributed by atoms with van der Waals surface area (Å²) in [5.41, 5.74) is 2.04. The molecule has 20 heavy (non-hydrogen) atoms. The van der Waals surface area contributed by atoms with Crippen molar-refractivity contribution in [1.29, 1.82) is 0 Å². The summed E-state index contributed by atoms with van der Waals surface area (Å²) in [7, 11) is 0. The van der Waals surface area contributed by atoms with E-state index in [4.69, 9.17) is 0 Å². The van der Waals surface area contributed by atoms with E-state index >= 15 is 0 Å². The van der Waals surface area contributed by atoms with Gasteiger partial charge in [-0.3, -0.25) is 4.79 Å². The largest absolute Gasteiger partial charge is 0.307 e. The first-order valence-corrected chi connectivity index (χ1v) is 7.15. The van der Waals surface area contributed by atoms with Crippen LogP contribution in [0.25, 0.3) is 0 Å². The molecule has 0 saturated heterocycles. The van der Waals surface area contributed by atoms with E-state index in [9.17, 15) is 4.79 Å². The van der Waals surface area contributed by atoms with E-state index in [0.29, 0.717) is 17.3 Å². The Balaban J connectivity index is 1.69. The summed E-state index contributed by atoms with van der Waals surface area (Å²) in [6, 6.07) is 13.5. The molecule has 1 aromatic carbocycles. The van der Waals surface area contributed by atoms with Crippen LogP contribution >= 0.6 is 0 Å². The fraction of sp³-hybridized carbons (Fsp3) is 0.294. The third-order valence-electron chi connectivity index (χ3n) is 3.91. The summed E-state index contributed by atoms with van der Waals surface area (Å²) < 4.78 is 0. The first-order valence-electron chi connectivity index (χ1n) is 7.15. The molecule has 1 heterocycles. The van der Waals surface area contributed by atoms with Gasteiger partial charge in [-0.05, 0) is 48.6 Å². The molecule has 0 spiro atoms. The smallest absolute Gasteiger partial charge is 0.256 e. The predicted octanol–water partition coefficient (Wildman–Crippen LogP) is 3.99. The molecule has 1 N–H and O–H groups in total. The van der Waals surface area contributed by atoms with Crippen molar-refractivity contribution in [3.05, 3.63) is 59.8 Å². The molecule has 1 aliphatic rings. The van der Waals surface area contributed by atoms with Gasteiger partial charge < -0.3 is 5.32 Å². The van der Waals surface area contributed by atoms with Crippen LogP contribution in [-0.2, 0) is 0 Å². The maximum absolute atomic E-state index is 12.1. The topological polar surface area (TPSA) is 42.0 Å². The predicted molar refractivity (Wildman–Crippen MR) is 79.8 cm³/mol. The summed E-state index contributed by atoms with van der Waals surface area (Å²) in [5, 5.41) is 2.80. The summed E-state index contributed by atoms with van der Waals surface area (Å²) >= 11 is 0. The normalized spacial score (nSPS) is 15.2. The van der Waals surface area contributed by atoms with Gasteiger partial charge in [0.2, 0.25) is 0 Å². The Kier molecular flexibility index (Phi) is 3.77. The van der Waals surface area contributed by atoms with Crippen LogP contribution in [0.3, 0.4) is 0 Å². The molecule has 1 aromatic heterocycles. The molecule has 0 bridgehead atoms. The van der Waals surface area contributed by atoms with Gasteiger partial charge in [-0.2, -0.15) is 0 Å². The highest BCUT2D eigenvalue weighted by atomic mass is 16.1. The van der Waals surface area contributed by atoms with Crippen molar-refractivity contribution in [3.8, 4) is 0 Å². The average molecular weight is 266 g/mol. The lowest BCUT2D eigenvalue weighted by Gasteiger charge is -2.10. The molecule has 1 saturated carbocycles. The molecule has 1 amide bonds. The Labute approximate surface area is 119 Å². The summed E-state index contributed by atoms with van der Waals surface area (Å²) in [6.07, 6.45) is 6.87. The SMILES string of the molecule is O=C(Nc1ccccn1)c1ccc(C2CCCC2)cc1. The number of benzene rings is 1. The Morgan fingerprint density at radius 1 is 1.05 bits per heavy atom. The van der Waals surface area contributed by atoms with Gasteiger partial charge in [0, 0.05) is 11.8 Å². The minimum atomic E-state index is -0.110. The van der Waals surface area contributed by atoms with Crippen molar-refractivity contribution < 1.29 is 4.79 Å². The minimum Gasteiger partial charge on any atom is -0.307 e. The zero-order valence-electron chi connectivity index (χ0n) is 11.4. The number of amides is 1. The number of aromatic nitrogens is 1. The Morgan fingerprint density at radius 3 is 2.45 bits per heavy atom. The maximum atomic E-state index is 12.1. The third-order valence-corrected chi connectivity index (χ3v) is 3.91. The number of rotatable bonds is 3. The van der Waals surface area contributed by atoms with Gasteiger partial charge in [-0.15, -0.1) is 0 Å². The second kappa shape index (κ2) is 5.87. The fourth-order valence-corrected chi connectivity index (χ4v) is 2.79. The van der Waals surface area contributed by atoms with E-state index in [0.717, 1.165) is 0 Å². The molecular weight excluding hydrogens is 248 g/mol. The van der Waals surface area contributed by atoms with Crippen molar-refractivity contribution in [2.75, 3.05) is 5.32 Å². The quantitative estimate of drug-likeness (QED) is 0.912. The van der Waals surface area contributed by atoms with Gasteiger partial charge in [-0.25, -0.2) is 4.98 Å². The standard InChI is InChI=1S/C17H18N2O/c20-17(19-16-7-3-4-12-18-16)15-10-8-14(9-11-15)13-5-1-2-6-13/h3-4,7-13H,1-2,5-6H2,(H,18,19,20). The number of anilines is 1. The average Bonchev–Trinajstić information content (AvgIpc) is 3.03. The van der Waals surface area contributed by atoms with Crippen LogP contribution in [0, 0.1) is 0 Å². The number of carbonyl (C=O) groups excluding carboxylic acids is 1. The Hall–Kier alpha value is -2.16. The lowest BCUT2D eigenvalue weighted by atomic mass is 9.96. The Bertz CT molecular complexity index is 572. The van der Waals surface area contributed by atoms with Crippen LogP contribution in [0.5, 0.6) is 0 Å². The van der Waals surface area contributed by atoms with Crippen molar-refractivity contribution >= 4 is 11.7 Å². The van der Waals surface area contributed by atoms with Gasteiger partial charge in [-0.1, -0.05) is 31.0 Å². The number of nitrogens with one attached hydrogen (secondary N) is 1. The van der Waals surface area contributed by atoms with Crippen molar-refractivity contribution in [2.24, 2.45) is 0 Å². The molecule has 3 rings (SSSR count). The van der Waals surface area contributed by atoms with Crippen LogP contribution in [0.15, 0.2) is 48.7 Å². The number of nitrogens with zero attached hydrogens (tertiary/aromatic N) is 1. The van der Waals surface area contributed by atoms with Crippen LogP contribution in [0.4, 0.5) is 5.82 Å². The molecule has 2 aromatic rings. The molecule has 0 radical (unpaired) electrons. The van der Waals surface area contributed by atoms with E-state index in [1.807, 2.05) is 24.3 Å². The molecule has 1 aliphatic carbocycles. The van der Waals surface area contributed by atoms with E-state index in [2.05, 4.69) is 22.4 Å². The fourth-order valence-electron chi connectivity index (χ4n) is 2.79. The van der Waals surface area contributed by atoms with Crippen LogP contribution < -0.4 is 5.32 Å². The number of hydrogen-bond acceptors (Lipinski definition) is 2. The number of pyridine rings is 1. The van der Waals surface area contributed by atoms with Gasteiger partial charge in [0.1, 0.15) is 5.82 Å². The molecule has 3 heteroatoms. The molecular formula is C17H18N2O. The lowest BCUT2D eigenvalue weighted by molar-refractivity contribution is 0.102. The van der Waals surface area contributed by atoms with Gasteiger partial charge in [0.05, 0.1) is 0 Å². The first kappa shape index (κ1) is 12.9. The zero-order valence-corrected chi connectivity index (χ0v) is 11.4. The van der Waals surface area contributed by atoms with E-state index < -0.39 is 0 Å². The molecule has 0 aliphatic heterocycles. The summed E-state index contributed by atoms with van der Waals surface area (Å²) in [5.74, 6) is 1.15. The summed E-state index contributed by atoms with van der Waals surface area (Å²) in [4.78, 5) is 16.2. The zero-order chi connectivity index (χ0) is 13.8. The van der Waals surface area contributed by atoms with Crippen LogP contribution in [0.2, 0.25) is 0 Å². The third kappa shape index (κ3) is 2.87. The van der Waals surface area contributed by atoms with Gasteiger partial charge in [0.15, 0.2) is 0 Å². The highest BCUT2D eigenvalue weighted by Gasteiger charge is 2.17. The van der Waals surface area contributed by atoms with Crippen LogP contribution in [-0.4, -0.2) is 10.9 Å². The van der Waals surface area contributed by atoms with Gasteiger partial charge in [0.25, 0.3) is 5.91 Å². The van der Waals surface area contributed by atoms with Crippen molar-refractivity contribution in [3.63, 3.8) is 0 Å². The summed E-state index contributed by atoms with van der Waals surface area (Å²) in [6.45, 7) is 0. The minimum absolute atomic E-state index is 0.110. The van der Waals surface area contributed by atoms with Crippen LogP contribution in [0.1, 0.15) is 47.5 Å². The van der Waals surface area contributed by atoms with E-state index in [-0.39, 0.29) is 5.91 Å². The number of carbonyl (C=O) groups is 1.